The van der Waals surface area contributed by atoms with Crippen LogP contribution >= 0.6 is 0 Å². The molecule has 0 unspecified atom stereocenters. The summed E-state index contributed by atoms with van der Waals surface area (Å²) in [6.45, 7) is 5.72. The van der Waals surface area contributed by atoms with Gasteiger partial charge in [0.25, 0.3) is 5.91 Å². The first-order chi connectivity index (χ1) is 11.6. The van der Waals surface area contributed by atoms with Crippen LogP contribution in [-0.4, -0.2) is 41.1 Å². The number of pyridine rings is 1. The Morgan fingerprint density at radius 1 is 1.12 bits per heavy atom. The molecule has 1 aromatic carbocycles. The molecule has 0 N–H and O–H groups in total. The zero-order chi connectivity index (χ0) is 16.9. The van der Waals surface area contributed by atoms with Crippen LogP contribution in [0.25, 0.3) is 0 Å². The van der Waals surface area contributed by atoms with Gasteiger partial charge in [-0.05, 0) is 55.8 Å². The summed E-state index contributed by atoms with van der Waals surface area (Å²) in [6, 6.07) is 11.1. The van der Waals surface area contributed by atoms with Crippen LogP contribution in [0.2, 0.25) is 0 Å². The van der Waals surface area contributed by atoms with Gasteiger partial charge in [-0.3, -0.25) is 9.78 Å². The molecule has 126 valence electrons. The Kier molecular flexibility index (Phi) is 5.11. The molecule has 0 bridgehead atoms. The number of aromatic nitrogens is 1. The highest BCUT2D eigenvalue weighted by Gasteiger charge is 2.26. The molecule has 1 amide bonds. The number of carbonyl (C=O) groups is 1. The van der Waals surface area contributed by atoms with E-state index in [1.54, 1.807) is 12.4 Å². The molecule has 5 nitrogen and oxygen atoms in total. The average Bonchev–Trinajstić information content (AvgIpc) is 2.60. The van der Waals surface area contributed by atoms with E-state index >= 15 is 0 Å². The van der Waals surface area contributed by atoms with Crippen LogP contribution in [0.15, 0.2) is 48.8 Å². The Balaban J connectivity index is 1.60. The van der Waals surface area contributed by atoms with Crippen LogP contribution in [-0.2, 0) is 11.3 Å². The molecular weight excluding hydrogens is 304 g/mol. The summed E-state index contributed by atoms with van der Waals surface area (Å²) >= 11 is 0. The molecule has 0 aliphatic carbocycles. The maximum atomic E-state index is 12.6. The Morgan fingerprint density at radius 3 is 2.38 bits per heavy atom. The third kappa shape index (κ3) is 4.11. The van der Waals surface area contributed by atoms with Crippen LogP contribution in [0.3, 0.4) is 0 Å². The molecule has 1 saturated heterocycles. The predicted molar refractivity (Wildman–Crippen MR) is 90.9 cm³/mol. The molecule has 2 aromatic rings. The van der Waals surface area contributed by atoms with Crippen molar-refractivity contribution < 1.29 is 14.3 Å². The zero-order valence-electron chi connectivity index (χ0n) is 14.0. The van der Waals surface area contributed by atoms with Gasteiger partial charge in [0.1, 0.15) is 12.4 Å². The smallest absolute Gasteiger partial charge is 0.254 e. The highest BCUT2D eigenvalue weighted by Crippen LogP contribution is 2.18. The van der Waals surface area contributed by atoms with Crippen LogP contribution in [0.1, 0.15) is 29.8 Å². The number of amides is 1. The first-order valence-corrected chi connectivity index (χ1v) is 8.18. The van der Waals surface area contributed by atoms with E-state index in [4.69, 9.17) is 9.47 Å². The van der Waals surface area contributed by atoms with E-state index < -0.39 is 0 Å². The molecule has 2 heterocycles. The van der Waals surface area contributed by atoms with Crippen molar-refractivity contribution in [2.75, 3.05) is 13.1 Å². The van der Waals surface area contributed by atoms with Gasteiger partial charge in [-0.1, -0.05) is 0 Å². The minimum Gasteiger partial charge on any atom is -0.489 e. The minimum atomic E-state index is 0.0395. The molecule has 0 radical (unpaired) electrons. The lowest BCUT2D eigenvalue weighted by Crippen LogP contribution is -2.48. The molecule has 1 aromatic heterocycles. The fourth-order valence-electron chi connectivity index (χ4n) is 2.87. The molecule has 1 aliphatic heterocycles. The van der Waals surface area contributed by atoms with Gasteiger partial charge >= 0.3 is 0 Å². The molecular formula is C19H22N2O3. The van der Waals surface area contributed by atoms with Crippen molar-refractivity contribution in [2.45, 2.75) is 32.7 Å². The number of hydrogen-bond donors (Lipinski definition) is 0. The van der Waals surface area contributed by atoms with E-state index in [1.807, 2.05) is 55.1 Å². The summed E-state index contributed by atoms with van der Waals surface area (Å²) in [5.74, 6) is 0.782. The number of nitrogens with zero attached hydrogens (tertiary/aromatic N) is 2. The van der Waals surface area contributed by atoms with Crippen molar-refractivity contribution in [1.29, 1.82) is 0 Å². The average molecular weight is 326 g/mol. The van der Waals surface area contributed by atoms with Crippen molar-refractivity contribution in [3.63, 3.8) is 0 Å². The fourth-order valence-corrected chi connectivity index (χ4v) is 2.87. The van der Waals surface area contributed by atoms with Crippen molar-refractivity contribution in [3.8, 4) is 5.75 Å². The number of morpholine rings is 1. The molecule has 1 aliphatic rings. The summed E-state index contributed by atoms with van der Waals surface area (Å²) in [7, 11) is 0. The summed E-state index contributed by atoms with van der Waals surface area (Å²) in [5.41, 5.74) is 1.73. The number of hydrogen-bond acceptors (Lipinski definition) is 4. The molecule has 0 saturated carbocycles. The largest absolute Gasteiger partial charge is 0.489 e. The quantitative estimate of drug-likeness (QED) is 0.867. The fraction of sp³-hybridized carbons (Fsp3) is 0.368. The van der Waals surface area contributed by atoms with Gasteiger partial charge in [0, 0.05) is 31.0 Å². The number of rotatable bonds is 4. The standard InChI is InChI=1S/C19H22N2O3/c1-14-11-21(12-15(2)24-14)19(22)17-3-5-18(6-4-17)23-13-16-7-9-20-10-8-16/h3-10,14-15H,11-13H2,1-2H3/t14-,15-/m0/s1. The Labute approximate surface area is 142 Å². The normalized spacial score (nSPS) is 20.7. The van der Waals surface area contributed by atoms with Gasteiger partial charge in [0.05, 0.1) is 12.2 Å². The lowest BCUT2D eigenvalue weighted by molar-refractivity contribution is -0.0586. The topological polar surface area (TPSA) is 51.7 Å². The Hall–Kier alpha value is -2.40. The van der Waals surface area contributed by atoms with Crippen LogP contribution in [0.4, 0.5) is 0 Å². The van der Waals surface area contributed by atoms with Gasteiger partial charge in [-0.2, -0.15) is 0 Å². The molecule has 3 rings (SSSR count). The SMILES string of the molecule is C[C@H]1CN(C(=O)c2ccc(OCc3ccncc3)cc2)C[C@H](C)O1. The highest BCUT2D eigenvalue weighted by molar-refractivity contribution is 5.94. The molecule has 5 heteroatoms. The Morgan fingerprint density at radius 2 is 1.75 bits per heavy atom. The van der Waals surface area contributed by atoms with Gasteiger partial charge in [0.15, 0.2) is 0 Å². The van der Waals surface area contributed by atoms with Crippen LogP contribution in [0, 0.1) is 0 Å². The Bertz CT molecular complexity index is 663. The van der Waals surface area contributed by atoms with Gasteiger partial charge in [0.2, 0.25) is 0 Å². The zero-order valence-corrected chi connectivity index (χ0v) is 14.0. The molecule has 2 atom stereocenters. The van der Waals surface area contributed by atoms with E-state index in [0.717, 1.165) is 11.3 Å². The third-order valence-corrected chi connectivity index (χ3v) is 3.96. The number of carbonyl (C=O) groups excluding carboxylic acids is 1. The summed E-state index contributed by atoms with van der Waals surface area (Å²) in [5, 5.41) is 0. The van der Waals surface area contributed by atoms with Gasteiger partial charge < -0.3 is 14.4 Å². The first-order valence-electron chi connectivity index (χ1n) is 8.18. The molecule has 24 heavy (non-hydrogen) atoms. The summed E-state index contributed by atoms with van der Waals surface area (Å²) in [6.07, 6.45) is 3.62. The van der Waals surface area contributed by atoms with Crippen molar-refractivity contribution in [3.05, 3.63) is 59.9 Å². The van der Waals surface area contributed by atoms with E-state index in [-0.39, 0.29) is 18.1 Å². The maximum Gasteiger partial charge on any atom is 0.254 e. The lowest BCUT2D eigenvalue weighted by atomic mass is 10.1. The minimum absolute atomic E-state index is 0.0395. The molecule has 0 spiro atoms. The first kappa shape index (κ1) is 16.5. The summed E-state index contributed by atoms with van der Waals surface area (Å²) in [4.78, 5) is 18.4. The van der Waals surface area contributed by atoms with Gasteiger partial charge in [-0.25, -0.2) is 0 Å². The highest BCUT2D eigenvalue weighted by atomic mass is 16.5. The maximum absolute atomic E-state index is 12.6. The third-order valence-electron chi connectivity index (χ3n) is 3.96. The predicted octanol–water partition coefficient (Wildman–Crippen LogP) is 2.91. The van der Waals surface area contributed by atoms with E-state index in [9.17, 15) is 4.79 Å². The van der Waals surface area contributed by atoms with E-state index in [1.165, 1.54) is 0 Å². The summed E-state index contributed by atoms with van der Waals surface area (Å²) < 4.78 is 11.4. The monoisotopic (exact) mass is 326 g/mol. The lowest BCUT2D eigenvalue weighted by Gasteiger charge is -2.35. The van der Waals surface area contributed by atoms with Crippen LogP contribution in [0.5, 0.6) is 5.75 Å². The van der Waals surface area contributed by atoms with Crippen LogP contribution < -0.4 is 4.74 Å². The number of ether oxygens (including phenoxy) is 2. The second kappa shape index (κ2) is 7.45. The number of benzene rings is 1. The van der Waals surface area contributed by atoms with E-state index in [0.29, 0.717) is 25.3 Å². The second-order valence-electron chi connectivity index (χ2n) is 6.14. The van der Waals surface area contributed by atoms with Crippen molar-refractivity contribution in [1.82, 2.24) is 9.88 Å². The molecule has 1 fully saturated rings. The van der Waals surface area contributed by atoms with Gasteiger partial charge in [-0.15, -0.1) is 0 Å². The van der Waals surface area contributed by atoms with E-state index in [2.05, 4.69) is 4.98 Å². The van der Waals surface area contributed by atoms with Crippen molar-refractivity contribution in [2.24, 2.45) is 0 Å². The van der Waals surface area contributed by atoms with Crippen molar-refractivity contribution >= 4 is 5.91 Å². The second-order valence-corrected chi connectivity index (χ2v) is 6.14.